The van der Waals surface area contributed by atoms with Gasteiger partial charge in [-0.15, -0.1) is 12.4 Å². The van der Waals surface area contributed by atoms with Crippen LogP contribution in [0.15, 0.2) is 24.3 Å². The molecule has 220 valence electrons. The highest BCUT2D eigenvalue weighted by Gasteiger charge is 2.29. The number of rotatable bonds is 19. The first kappa shape index (κ1) is 36.1. The lowest BCUT2D eigenvalue weighted by Crippen LogP contribution is -2.44. The molecular weight excluding hydrogens is 506 g/mol. The van der Waals surface area contributed by atoms with Gasteiger partial charge in [0.25, 0.3) is 5.91 Å². The molecule has 0 aliphatic carbocycles. The molecule has 0 heterocycles. The molecule has 8 nitrogen and oxygen atoms in total. The van der Waals surface area contributed by atoms with E-state index in [9.17, 15) is 14.7 Å². The van der Waals surface area contributed by atoms with Crippen LogP contribution in [0.3, 0.4) is 0 Å². The van der Waals surface area contributed by atoms with E-state index in [1.807, 2.05) is 26.0 Å². The molecule has 4 atom stereocenters. The van der Waals surface area contributed by atoms with Crippen molar-refractivity contribution in [1.82, 2.24) is 10.6 Å². The van der Waals surface area contributed by atoms with Gasteiger partial charge in [0, 0.05) is 45.2 Å². The summed E-state index contributed by atoms with van der Waals surface area (Å²) in [6.07, 6.45) is 2.74. The van der Waals surface area contributed by atoms with Gasteiger partial charge in [0.15, 0.2) is 0 Å². The van der Waals surface area contributed by atoms with Crippen LogP contribution in [0.5, 0.6) is 5.75 Å². The minimum atomic E-state index is -0.803. The number of unbranched alkanes of at least 4 members (excludes halogenated alkanes) is 1. The number of aliphatic hydroxyl groups excluding tert-OH is 1. The minimum Gasteiger partial charge on any atom is -0.493 e. The van der Waals surface area contributed by atoms with Crippen LogP contribution in [0, 0.1) is 23.7 Å². The fourth-order valence-electron chi connectivity index (χ4n) is 4.22. The predicted octanol–water partition coefficient (Wildman–Crippen LogP) is 4.18. The summed E-state index contributed by atoms with van der Waals surface area (Å²) < 4.78 is 10.8. The van der Waals surface area contributed by atoms with Crippen LogP contribution in [-0.4, -0.2) is 62.5 Å². The molecular formula is C29H52ClN3O5. The number of methoxy groups -OCH3 is 1. The van der Waals surface area contributed by atoms with Gasteiger partial charge in [0.1, 0.15) is 5.75 Å². The zero-order chi connectivity index (χ0) is 27.8. The van der Waals surface area contributed by atoms with Crippen molar-refractivity contribution in [3.63, 3.8) is 0 Å². The summed E-state index contributed by atoms with van der Waals surface area (Å²) in [6, 6.07) is 6.70. The monoisotopic (exact) mass is 557 g/mol. The predicted molar refractivity (Wildman–Crippen MR) is 156 cm³/mol. The van der Waals surface area contributed by atoms with E-state index in [0.29, 0.717) is 50.5 Å². The molecule has 0 radical (unpaired) electrons. The average Bonchev–Trinajstić information content (AvgIpc) is 2.87. The molecule has 0 spiro atoms. The third-order valence-electron chi connectivity index (χ3n) is 6.89. The van der Waals surface area contributed by atoms with Crippen LogP contribution in [0.1, 0.15) is 77.1 Å². The van der Waals surface area contributed by atoms with E-state index in [1.54, 1.807) is 19.2 Å². The molecule has 1 rings (SSSR count). The van der Waals surface area contributed by atoms with Gasteiger partial charge in [-0.2, -0.15) is 0 Å². The van der Waals surface area contributed by atoms with Crippen molar-refractivity contribution in [3.8, 4) is 5.75 Å². The van der Waals surface area contributed by atoms with Gasteiger partial charge in [0.2, 0.25) is 5.91 Å². The summed E-state index contributed by atoms with van der Waals surface area (Å²) in [5.74, 6) is 0.435. The van der Waals surface area contributed by atoms with E-state index < -0.39 is 12.1 Å². The van der Waals surface area contributed by atoms with Gasteiger partial charge in [-0.25, -0.2) is 0 Å². The molecule has 0 saturated heterocycles. The van der Waals surface area contributed by atoms with Crippen molar-refractivity contribution in [2.24, 2.45) is 29.4 Å². The van der Waals surface area contributed by atoms with Crippen LogP contribution < -0.4 is 21.1 Å². The standard InChI is InChI=1S/C29H51N3O5.ClH/c1-7-8-14-31-29(35)24(21(4)5)18-26(33)25(30)17-22(20(2)3)19-32-28(34)23-12-9-10-13-27(23)37-16-11-15-36-6;/h9-10,12-13,20-22,24-26,33H,7-8,11,14-19,30H2,1-6H3,(H,31,35)(H,32,34);1H. The second-order valence-corrected chi connectivity index (χ2v) is 10.6. The van der Waals surface area contributed by atoms with E-state index in [0.717, 1.165) is 19.3 Å². The maximum Gasteiger partial charge on any atom is 0.255 e. The van der Waals surface area contributed by atoms with Crippen LogP contribution in [0.4, 0.5) is 0 Å². The molecule has 0 aromatic heterocycles. The number of para-hydroxylation sites is 1. The lowest BCUT2D eigenvalue weighted by molar-refractivity contribution is -0.127. The Hall–Kier alpha value is -1.87. The van der Waals surface area contributed by atoms with E-state index in [4.69, 9.17) is 15.2 Å². The molecule has 0 fully saturated rings. The molecule has 1 aromatic carbocycles. The van der Waals surface area contributed by atoms with Crippen molar-refractivity contribution in [1.29, 1.82) is 0 Å². The van der Waals surface area contributed by atoms with E-state index in [-0.39, 0.29) is 47.9 Å². The maximum absolute atomic E-state index is 13.0. The number of ether oxygens (including phenoxy) is 2. The highest BCUT2D eigenvalue weighted by molar-refractivity contribution is 5.96. The van der Waals surface area contributed by atoms with E-state index in [1.165, 1.54) is 0 Å². The number of carbonyl (C=O) groups is 2. The number of amides is 2. The highest BCUT2D eigenvalue weighted by Crippen LogP contribution is 2.24. The van der Waals surface area contributed by atoms with Crippen molar-refractivity contribution in [2.75, 3.05) is 33.4 Å². The summed E-state index contributed by atoms with van der Waals surface area (Å²) in [4.78, 5) is 25.6. The number of halogens is 1. The zero-order valence-electron chi connectivity index (χ0n) is 24.2. The fraction of sp³-hybridized carbons (Fsp3) is 0.724. The summed E-state index contributed by atoms with van der Waals surface area (Å²) in [6.45, 7) is 12.4. The number of aliphatic hydroxyl groups is 1. The largest absolute Gasteiger partial charge is 0.493 e. The third kappa shape index (κ3) is 13.3. The van der Waals surface area contributed by atoms with Gasteiger partial charge in [-0.05, 0) is 49.1 Å². The molecule has 0 saturated carbocycles. The first-order chi connectivity index (χ1) is 17.6. The van der Waals surface area contributed by atoms with Crippen LogP contribution in [0.25, 0.3) is 0 Å². The average molecular weight is 558 g/mol. The molecule has 5 N–H and O–H groups in total. The molecule has 2 amide bonds. The summed E-state index contributed by atoms with van der Waals surface area (Å²) in [5.41, 5.74) is 6.91. The number of nitrogens with one attached hydrogen (secondary N) is 2. The topological polar surface area (TPSA) is 123 Å². The summed E-state index contributed by atoms with van der Waals surface area (Å²) in [5, 5.41) is 16.9. The van der Waals surface area contributed by atoms with Gasteiger partial charge in [-0.3, -0.25) is 9.59 Å². The Kier molecular flexibility index (Phi) is 19.1. The molecule has 1 aromatic rings. The molecule has 0 aliphatic rings. The van der Waals surface area contributed by atoms with Crippen LogP contribution in [-0.2, 0) is 9.53 Å². The number of nitrogens with two attached hydrogens (primary N) is 1. The first-order valence-corrected chi connectivity index (χ1v) is 13.8. The fourth-order valence-corrected chi connectivity index (χ4v) is 4.22. The highest BCUT2D eigenvalue weighted by atomic mass is 35.5. The molecule has 0 aliphatic heterocycles. The third-order valence-corrected chi connectivity index (χ3v) is 6.89. The number of hydrogen-bond donors (Lipinski definition) is 4. The number of carbonyl (C=O) groups excluding carboxylic acids is 2. The second-order valence-electron chi connectivity index (χ2n) is 10.6. The smallest absolute Gasteiger partial charge is 0.255 e. The van der Waals surface area contributed by atoms with Crippen molar-refractivity contribution < 1.29 is 24.2 Å². The lowest BCUT2D eigenvalue weighted by atomic mass is 9.83. The Bertz CT molecular complexity index is 793. The van der Waals surface area contributed by atoms with Crippen molar-refractivity contribution in [2.45, 2.75) is 78.9 Å². The Morgan fingerprint density at radius 1 is 1.00 bits per heavy atom. The maximum atomic E-state index is 13.0. The Morgan fingerprint density at radius 3 is 2.29 bits per heavy atom. The Balaban J connectivity index is 0.0000137. The second kappa shape index (κ2) is 20.1. The zero-order valence-corrected chi connectivity index (χ0v) is 25.0. The van der Waals surface area contributed by atoms with E-state index >= 15 is 0 Å². The van der Waals surface area contributed by atoms with Gasteiger partial charge in [0.05, 0.1) is 18.3 Å². The number of benzene rings is 1. The van der Waals surface area contributed by atoms with Crippen LogP contribution in [0.2, 0.25) is 0 Å². The molecule has 38 heavy (non-hydrogen) atoms. The molecule has 0 bridgehead atoms. The van der Waals surface area contributed by atoms with Gasteiger partial charge in [-0.1, -0.05) is 53.2 Å². The lowest BCUT2D eigenvalue weighted by Gasteiger charge is -2.30. The Labute approximate surface area is 236 Å². The summed E-state index contributed by atoms with van der Waals surface area (Å²) >= 11 is 0. The van der Waals surface area contributed by atoms with E-state index in [2.05, 4.69) is 31.4 Å². The number of hydrogen-bond acceptors (Lipinski definition) is 6. The first-order valence-electron chi connectivity index (χ1n) is 13.8. The normalized spacial score (nSPS) is 14.4. The quantitative estimate of drug-likeness (QED) is 0.189. The summed E-state index contributed by atoms with van der Waals surface area (Å²) in [7, 11) is 1.64. The van der Waals surface area contributed by atoms with Gasteiger partial charge < -0.3 is 30.9 Å². The molecule has 4 unspecified atom stereocenters. The Morgan fingerprint density at radius 2 is 1.68 bits per heavy atom. The SMILES string of the molecule is CCCCNC(=O)C(CC(O)C(N)CC(CNC(=O)c1ccccc1OCCCOC)C(C)C)C(C)C.Cl. The minimum absolute atomic E-state index is 0. The van der Waals surface area contributed by atoms with Gasteiger partial charge >= 0.3 is 0 Å². The van der Waals surface area contributed by atoms with Crippen molar-refractivity contribution in [3.05, 3.63) is 29.8 Å². The van der Waals surface area contributed by atoms with Crippen molar-refractivity contribution >= 4 is 24.2 Å². The van der Waals surface area contributed by atoms with Crippen LogP contribution >= 0.6 is 12.4 Å². The molecule has 9 heteroatoms.